The fourth-order valence-electron chi connectivity index (χ4n) is 1.64. The van der Waals surface area contributed by atoms with Crippen LogP contribution in [-0.2, 0) is 13.2 Å². The molecule has 0 unspecified atom stereocenters. The van der Waals surface area contributed by atoms with E-state index in [0.29, 0.717) is 6.54 Å². The van der Waals surface area contributed by atoms with Crippen molar-refractivity contribution in [2.45, 2.75) is 29.4 Å². The van der Waals surface area contributed by atoms with Crippen LogP contribution < -0.4 is 5.32 Å². The lowest BCUT2D eigenvalue weighted by Gasteiger charge is -2.11. The molecule has 4 nitrogen and oxygen atoms in total. The second-order valence-corrected chi connectivity index (χ2v) is 5.55. The van der Waals surface area contributed by atoms with Crippen LogP contribution in [0.15, 0.2) is 34.4 Å². The Morgan fingerprint density at radius 1 is 1.33 bits per heavy atom. The van der Waals surface area contributed by atoms with Gasteiger partial charge in [-0.2, -0.15) is 18.3 Å². The molecule has 0 saturated heterocycles. The summed E-state index contributed by atoms with van der Waals surface area (Å²) in [5.74, 6) is 0.234. The Labute approximate surface area is 124 Å². The fraction of sp³-hybridized carbons (Fsp3) is 0.385. The second-order valence-electron chi connectivity index (χ2n) is 4.46. The van der Waals surface area contributed by atoms with Gasteiger partial charge in [-0.25, -0.2) is 4.98 Å². The zero-order valence-electron chi connectivity index (χ0n) is 11.6. The average Bonchev–Trinajstić information content (AvgIpc) is 2.80. The van der Waals surface area contributed by atoms with Crippen LogP contribution in [-0.4, -0.2) is 21.3 Å². The van der Waals surface area contributed by atoms with Crippen LogP contribution in [0.5, 0.6) is 0 Å². The largest absolute Gasteiger partial charge is 0.416 e. The summed E-state index contributed by atoms with van der Waals surface area (Å²) in [4.78, 5) is 4.95. The van der Waals surface area contributed by atoms with Crippen LogP contribution >= 0.6 is 11.8 Å². The first kappa shape index (κ1) is 15.7. The van der Waals surface area contributed by atoms with Crippen molar-refractivity contribution in [2.24, 2.45) is 7.05 Å². The van der Waals surface area contributed by atoms with Gasteiger partial charge in [-0.3, -0.25) is 4.68 Å². The van der Waals surface area contributed by atoms with Crippen molar-refractivity contribution in [1.82, 2.24) is 14.8 Å². The maximum atomic E-state index is 12.9. The topological polar surface area (TPSA) is 42.7 Å². The smallest absolute Gasteiger partial charge is 0.370 e. The minimum atomic E-state index is -4.39. The molecule has 0 aliphatic rings. The standard InChI is InChI=1S/C13H15F3N4S/c1-3-4-17-11-5-9(13(14,15)16)6-12(19-11)21-10-7-18-20(2)8-10/h5-8H,3-4H2,1-2H3,(H,17,19). The maximum absolute atomic E-state index is 12.9. The summed E-state index contributed by atoms with van der Waals surface area (Å²) in [6, 6.07) is 2.08. The van der Waals surface area contributed by atoms with E-state index in [1.165, 1.54) is 0 Å². The summed E-state index contributed by atoms with van der Waals surface area (Å²) < 4.78 is 40.4. The van der Waals surface area contributed by atoms with E-state index >= 15 is 0 Å². The molecule has 0 bridgehead atoms. The van der Waals surface area contributed by atoms with Crippen LogP contribution in [0, 0.1) is 0 Å². The highest BCUT2D eigenvalue weighted by molar-refractivity contribution is 7.99. The lowest BCUT2D eigenvalue weighted by Crippen LogP contribution is -2.09. The zero-order valence-corrected chi connectivity index (χ0v) is 12.4. The van der Waals surface area contributed by atoms with Crippen molar-refractivity contribution < 1.29 is 13.2 Å². The Morgan fingerprint density at radius 2 is 2.10 bits per heavy atom. The lowest BCUT2D eigenvalue weighted by molar-refractivity contribution is -0.137. The van der Waals surface area contributed by atoms with Crippen molar-refractivity contribution in [3.63, 3.8) is 0 Å². The van der Waals surface area contributed by atoms with Gasteiger partial charge in [0.25, 0.3) is 0 Å². The number of hydrogen-bond donors (Lipinski definition) is 1. The van der Waals surface area contributed by atoms with E-state index in [2.05, 4.69) is 15.4 Å². The number of nitrogens with zero attached hydrogens (tertiary/aromatic N) is 3. The van der Waals surface area contributed by atoms with Gasteiger partial charge in [-0.1, -0.05) is 18.7 Å². The molecule has 0 atom stereocenters. The highest BCUT2D eigenvalue weighted by atomic mass is 32.2. The van der Waals surface area contributed by atoms with Crippen LogP contribution in [0.4, 0.5) is 19.0 Å². The van der Waals surface area contributed by atoms with Crippen molar-refractivity contribution in [3.8, 4) is 0 Å². The van der Waals surface area contributed by atoms with Gasteiger partial charge in [0.2, 0.25) is 0 Å². The number of alkyl halides is 3. The number of aromatic nitrogens is 3. The van der Waals surface area contributed by atoms with E-state index in [1.807, 2.05) is 6.92 Å². The molecule has 0 aliphatic heterocycles. The first-order valence-corrected chi connectivity index (χ1v) is 7.20. The molecule has 2 aromatic rings. The summed E-state index contributed by atoms with van der Waals surface area (Å²) in [6.45, 7) is 2.51. The van der Waals surface area contributed by atoms with Gasteiger partial charge in [0.15, 0.2) is 0 Å². The van der Waals surface area contributed by atoms with Crippen LogP contribution in [0.3, 0.4) is 0 Å². The number of nitrogens with one attached hydrogen (secondary N) is 1. The molecule has 0 saturated carbocycles. The van der Waals surface area contributed by atoms with Crippen molar-refractivity contribution in [2.75, 3.05) is 11.9 Å². The van der Waals surface area contributed by atoms with Gasteiger partial charge in [0, 0.05) is 19.8 Å². The number of pyridine rings is 1. The summed E-state index contributed by atoms with van der Waals surface area (Å²) in [5, 5.41) is 7.17. The molecule has 114 valence electrons. The highest BCUT2D eigenvalue weighted by Gasteiger charge is 2.31. The van der Waals surface area contributed by atoms with Gasteiger partial charge in [-0.15, -0.1) is 0 Å². The van der Waals surface area contributed by atoms with Gasteiger partial charge in [-0.05, 0) is 18.6 Å². The van der Waals surface area contributed by atoms with Crippen LogP contribution in [0.1, 0.15) is 18.9 Å². The summed E-state index contributed by atoms with van der Waals surface area (Å²) >= 11 is 1.15. The highest BCUT2D eigenvalue weighted by Crippen LogP contribution is 2.35. The van der Waals surface area contributed by atoms with E-state index in [-0.39, 0.29) is 10.8 Å². The Bertz CT molecular complexity index is 610. The van der Waals surface area contributed by atoms with Gasteiger partial charge >= 0.3 is 6.18 Å². The number of hydrogen-bond acceptors (Lipinski definition) is 4. The Morgan fingerprint density at radius 3 is 2.67 bits per heavy atom. The molecular weight excluding hydrogens is 301 g/mol. The Balaban J connectivity index is 2.30. The third-order valence-corrected chi connectivity index (χ3v) is 3.45. The molecule has 1 N–H and O–H groups in total. The summed E-state index contributed by atoms with van der Waals surface area (Å²) in [7, 11) is 1.75. The molecule has 0 radical (unpaired) electrons. The third kappa shape index (κ3) is 4.38. The average molecular weight is 316 g/mol. The van der Waals surface area contributed by atoms with E-state index in [0.717, 1.165) is 35.2 Å². The number of halogens is 3. The monoisotopic (exact) mass is 316 g/mol. The number of aryl methyl sites for hydroxylation is 1. The molecular formula is C13H15F3N4S. The zero-order chi connectivity index (χ0) is 15.5. The minimum absolute atomic E-state index is 0.234. The Kier molecular flexibility index (Phi) is 4.76. The molecule has 2 heterocycles. The van der Waals surface area contributed by atoms with Gasteiger partial charge in [0.1, 0.15) is 10.8 Å². The van der Waals surface area contributed by atoms with Crippen LogP contribution in [0.2, 0.25) is 0 Å². The molecule has 8 heteroatoms. The minimum Gasteiger partial charge on any atom is -0.370 e. The quantitative estimate of drug-likeness (QED) is 0.911. The van der Waals surface area contributed by atoms with E-state index < -0.39 is 11.7 Å². The summed E-state index contributed by atoms with van der Waals surface area (Å²) in [5.41, 5.74) is -0.706. The molecule has 2 rings (SSSR count). The van der Waals surface area contributed by atoms with E-state index in [9.17, 15) is 13.2 Å². The van der Waals surface area contributed by atoms with Gasteiger partial charge < -0.3 is 5.32 Å². The first-order valence-electron chi connectivity index (χ1n) is 6.38. The molecule has 21 heavy (non-hydrogen) atoms. The molecule has 0 spiro atoms. The van der Waals surface area contributed by atoms with E-state index in [4.69, 9.17) is 0 Å². The van der Waals surface area contributed by atoms with Crippen LogP contribution in [0.25, 0.3) is 0 Å². The molecule has 0 aromatic carbocycles. The molecule has 0 amide bonds. The predicted molar refractivity (Wildman–Crippen MR) is 75.4 cm³/mol. The molecule has 2 aromatic heterocycles. The Hall–Kier alpha value is -1.70. The van der Waals surface area contributed by atoms with Crippen molar-refractivity contribution in [3.05, 3.63) is 30.1 Å². The molecule has 0 aliphatic carbocycles. The molecule has 0 fully saturated rings. The number of anilines is 1. The maximum Gasteiger partial charge on any atom is 0.416 e. The number of rotatable bonds is 5. The van der Waals surface area contributed by atoms with Crippen molar-refractivity contribution in [1.29, 1.82) is 0 Å². The summed E-state index contributed by atoms with van der Waals surface area (Å²) in [6.07, 6.45) is -0.268. The SMILES string of the molecule is CCCNc1cc(C(F)(F)F)cc(Sc2cnn(C)c2)n1. The second kappa shape index (κ2) is 6.38. The first-order chi connectivity index (χ1) is 9.88. The van der Waals surface area contributed by atoms with Crippen molar-refractivity contribution >= 4 is 17.6 Å². The third-order valence-electron chi connectivity index (χ3n) is 2.59. The fourth-order valence-corrected chi connectivity index (χ4v) is 2.51. The normalized spacial score (nSPS) is 11.7. The van der Waals surface area contributed by atoms with Gasteiger partial charge in [0.05, 0.1) is 16.7 Å². The lowest BCUT2D eigenvalue weighted by atomic mass is 10.2. The predicted octanol–water partition coefficient (Wildman–Crippen LogP) is 3.81. The van der Waals surface area contributed by atoms with E-state index in [1.54, 1.807) is 24.1 Å².